The van der Waals surface area contributed by atoms with Crippen LogP contribution in [0.1, 0.15) is 43.0 Å². The third-order valence-corrected chi connectivity index (χ3v) is 8.09. The number of aryl methyl sites for hydroxylation is 3. The van der Waals surface area contributed by atoms with Gasteiger partial charge in [0.05, 0.1) is 10.6 Å². The fraction of sp³-hybridized carbons (Fsp3) is 0.333. The van der Waals surface area contributed by atoms with E-state index in [0.29, 0.717) is 5.69 Å². The SMILES string of the molecule is Cc1ccc(S(=O)(=O)N(CC(=O)N(Cc2ccccc2)[C@H](C)C(=O)NC(C)C)c2cc(C)ccc2C)cc1. The van der Waals surface area contributed by atoms with Crippen molar-refractivity contribution in [1.29, 1.82) is 0 Å². The van der Waals surface area contributed by atoms with Gasteiger partial charge < -0.3 is 10.2 Å². The zero-order chi connectivity index (χ0) is 28.0. The van der Waals surface area contributed by atoms with E-state index in [4.69, 9.17) is 0 Å². The lowest BCUT2D eigenvalue weighted by Crippen LogP contribution is -2.52. The highest BCUT2D eigenvalue weighted by Gasteiger charge is 2.33. The average molecular weight is 536 g/mol. The van der Waals surface area contributed by atoms with Crippen molar-refractivity contribution in [2.24, 2.45) is 0 Å². The molecule has 0 bridgehead atoms. The summed E-state index contributed by atoms with van der Waals surface area (Å²) in [7, 11) is -4.09. The number of carbonyl (C=O) groups is 2. The zero-order valence-corrected chi connectivity index (χ0v) is 23.7. The molecule has 8 heteroatoms. The highest BCUT2D eigenvalue weighted by molar-refractivity contribution is 7.92. The van der Waals surface area contributed by atoms with Gasteiger partial charge in [-0.1, -0.05) is 60.2 Å². The van der Waals surface area contributed by atoms with E-state index in [-0.39, 0.29) is 23.4 Å². The van der Waals surface area contributed by atoms with Crippen molar-refractivity contribution in [2.45, 2.75) is 65.1 Å². The van der Waals surface area contributed by atoms with Gasteiger partial charge in [-0.05, 0) is 76.4 Å². The number of carbonyl (C=O) groups excluding carboxylic acids is 2. The van der Waals surface area contributed by atoms with Crippen LogP contribution in [-0.2, 0) is 26.2 Å². The Morgan fingerprint density at radius 1 is 0.842 bits per heavy atom. The maximum atomic E-state index is 13.9. The van der Waals surface area contributed by atoms with Crippen LogP contribution in [0.4, 0.5) is 5.69 Å². The molecule has 0 spiro atoms. The first-order chi connectivity index (χ1) is 17.9. The second kappa shape index (κ2) is 12.3. The van der Waals surface area contributed by atoms with Crippen molar-refractivity contribution in [3.63, 3.8) is 0 Å². The lowest BCUT2D eigenvalue weighted by atomic mass is 10.1. The van der Waals surface area contributed by atoms with Crippen LogP contribution in [-0.4, -0.2) is 43.8 Å². The number of benzene rings is 3. The lowest BCUT2D eigenvalue weighted by Gasteiger charge is -2.33. The number of hydrogen-bond acceptors (Lipinski definition) is 4. The Labute approximate surface area is 226 Å². The molecule has 1 N–H and O–H groups in total. The minimum atomic E-state index is -4.09. The highest BCUT2D eigenvalue weighted by atomic mass is 32.2. The molecule has 0 radical (unpaired) electrons. The topological polar surface area (TPSA) is 86.8 Å². The molecule has 0 unspecified atom stereocenters. The van der Waals surface area contributed by atoms with Crippen molar-refractivity contribution >= 4 is 27.5 Å². The summed E-state index contributed by atoms with van der Waals surface area (Å²) in [5, 5.41) is 2.86. The van der Waals surface area contributed by atoms with Crippen LogP contribution in [0.5, 0.6) is 0 Å². The van der Waals surface area contributed by atoms with Gasteiger partial charge in [0, 0.05) is 12.6 Å². The Hall–Kier alpha value is -3.65. The van der Waals surface area contributed by atoms with Crippen LogP contribution in [0.2, 0.25) is 0 Å². The summed E-state index contributed by atoms with van der Waals surface area (Å²) in [6.07, 6.45) is 0. The maximum Gasteiger partial charge on any atom is 0.264 e. The molecule has 38 heavy (non-hydrogen) atoms. The standard InChI is InChI=1S/C30H37N3O4S/c1-21(2)31-30(35)25(6)32(19-26-10-8-7-9-11-26)29(34)20-33(28-18-23(4)12-15-24(28)5)38(36,37)27-16-13-22(3)14-17-27/h7-18,21,25H,19-20H2,1-6H3,(H,31,35)/t25-/m1/s1. The van der Waals surface area contributed by atoms with Crippen LogP contribution in [0.15, 0.2) is 77.7 Å². The zero-order valence-electron chi connectivity index (χ0n) is 22.9. The number of rotatable bonds is 10. The highest BCUT2D eigenvalue weighted by Crippen LogP contribution is 2.28. The van der Waals surface area contributed by atoms with Gasteiger partial charge in [-0.25, -0.2) is 8.42 Å². The first kappa shape index (κ1) is 28.9. The van der Waals surface area contributed by atoms with Crippen molar-refractivity contribution in [3.8, 4) is 0 Å². The molecule has 7 nitrogen and oxygen atoms in total. The third-order valence-electron chi connectivity index (χ3n) is 6.32. The van der Waals surface area contributed by atoms with Crippen molar-refractivity contribution in [1.82, 2.24) is 10.2 Å². The smallest absolute Gasteiger partial charge is 0.264 e. The molecule has 0 aliphatic rings. The fourth-order valence-corrected chi connectivity index (χ4v) is 5.58. The van der Waals surface area contributed by atoms with Crippen molar-refractivity contribution in [3.05, 3.63) is 95.1 Å². The van der Waals surface area contributed by atoms with E-state index in [9.17, 15) is 18.0 Å². The molecule has 1 atom stereocenters. The largest absolute Gasteiger partial charge is 0.352 e. The molecule has 3 rings (SSSR count). The van der Waals surface area contributed by atoms with Crippen LogP contribution in [0, 0.1) is 20.8 Å². The molecule has 0 aliphatic carbocycles. The molecule has 0 saturated heterocycles. The van der Waals surface area contributed by atoms with Crippen LogP contribution in [0.3, 0.4) is 0 Å². The van der Waals surface area contributed by atoms with E-state index < -0.39 is 28.5 Å². The molecular formula is C30H37N3O4S. The Balaban J connectivity index is 2.06. The molecule has 0 saturated carbocycles. The molecule has 0 aromatic heterocycles. The Kier molecular flexibility index (Phi) is 9.33. The number of nitrogens with zero attached hydrogens (tertiary/aromatic N) is 2. The summed E-state index contributed by atoms with van der Waals surface area (Å²) in [5.74, 6) is -0.777. The molecule has 3 aromatic rings. The summed E-state index contributed by atoms with van der Waals surface area (Å²) in [6.45, 7) is 10.7. The number of sulfonamides is 1. The second-order valence-electron chi connectivity index (χ2n) is 9.96. The Morgan fingerprint density at radius 2 is 1.45 bits per heavy atom. The Morgan fingerprint density at radius 3 is 2.05 bits per heavy atom. The van der Waals surface area contributed by atoms with Gasteiger partial charge in [-0.15, -0.1) is 0 Å². The minimum Gasteiger partial charge on any atom is -0.352 e. The van der Waals surface area contributed by atoms with Crippen molar-refractivity contribution < 1.29 is 18.0 Å². The van der Waals surface area contributed by atoms with Crippen LogP contribution >= 0.6 is 0 Å². The predicted octanol–water partition coefficient (Wildman–Crippen LogP) is 4.75. The second-order valence-corrected chi connectivity index (χ2v) is 11.8. The monoisotopic (exact) mass is 535 g/mol. The molecule has 202 valence electrons. The summed E-state index contributed by atoms with van der Waals surface area (Å²) in [6, 6.07) is 20.5. The molecule has 3 aromatic carbocycles. The lowest BCUT2D eigenvalue weighted by molar-refractivity contribution is -0.139. The maximum absolute atomic E-state index is 13.9. The van der Waals surface area contributed by atoms with Gasteiger partial charge in [0.1, 0.15) is 12.6 Å². The third kappa shape index (κ3) is 7.01. The normalized spacial score (nSPS) is 12.2. The van der Waals surface area contributed by atoms with E-state index in [0.717, 1.165) is 26.6 Å². The Bertz CT molecular complexity index is 1370. The van der Waals surface area contributed by atoms with Gasteiger partial charge in [-0.3, -0.25) is 13.9 Å². The molecule has 0 fully saturated rings. The van der Waals surface area contributed by atoms with Gasteiger partial charge in [0.25, 0.3) is 10.0 Å². The molecule has 0 heterocycles. The molecule has 2 amide bonds. The van der Waals surface area contributed by atoms with Crippen molar-refractivity contribution in [2.75, 3.05) is 10.8 Å². The van der Waals surface area contributed by atoms with E-state index in [2.05, 4.69) is 5.32 Å². The molecular weight excluding hydrogens is 498 g/mol. The summed E-state index contributed by atoms with van der Waals surface area (Å²) >= 11 is 0. The first-order valence-electron chi connectivity index (χ1n) is 12.7. The fourth-order valence-electron chi connectivity index (χ4n) is 4.11. The van der Waals surface area contributed by atoms with E-state index in [1.165, 1.54) is 4.90 Å². The predicted molar refractivity (Wildman–Crippen MR) is 151 cm³/mol. The summed E-state index contributed by atoms with van der Waals surface area (Å²) in [4.78, 5) is 28.4. The van der Waals surface area contributed by atoms with Gasteiger partial charge >= 0.3 is 0 Å². The van der Waals surface area contributed by atoms with Gasteiger partial charge in [0.2, 0.25) is 11.8 Å². The quantitative estimate of drug-likeness (QED) is 0.406. The van der Waals surface area contributed by atoms with Gasteiger partial charge in [0.15, 0.2) is 0 Å². The number of nitrogens with one attached hydrogen (secondary N) is 1. The van der Waals surface area contributed by atoms with Crippen LogP contribution < -0.4 is 9.62 Å². The first-order valence-corrected chi connectivity index (χ1v) is 14.1. The van der Waals surface area contributed by atoms with Crippen LogP contribution in [0.25, 0.3) is 0 Å². The minimum absolute atomic E-state index is 0.0945. The average Bonchev–Trinajstić information content (AvgIpc) is 2.87. The summed E-state index contributed by atoms with van der Waals surface area (Å²) < 4.78 is 29.1. The number of anilines is 1. The number of hydrogen-bond donors (Lipinski definition) is 1. The van der Waals surface area contributed by atoms with E-state index in [1.54, 1.807) is 37.3 Å². The molecule has 0 aliphatic heterocycles. The van der Waals surface area contributed by atoms with Gasteiger partial charge in [-0.2, -0.15) is 0 Å². The van der Waals surface area contributed by atoms with E-state index >= 15 is 0 Å². The van der Waals surface area contributed by atoms with E-state index in [1.807, 2.05) is 77.1 Å². The summed E-state index contributed by atoms with van der Waals surface area (Å²) in [5.41, 5.74) is 3.78. The number of amides is 2.